The summed E-state index contributed by atoms with van der Waals surface area (Å²) in [5.74, 6) is -6.90. The zero-order valence-electron chi connectivity index (χ0n) is 54.0. The molecule has 4 heterocycles. The zero-order chi connectivity index (χ0) is 72.6. The van der Waals surface area contributed by atoms with Gasteiger partial charge in [0.2, 0.25) is 33.4 Å². The minimum atomic E-state index is -1.08. The number of ether oxygens (including phenoxy) is 3. The molecule has 0 aromatic heterocycles. The van der Waals surface area contributed by atoms with Crippen molar-refractivity contribution in [2.45, 2.75) is 77.2 Å². The van der Waals surface area contributed by atoms with Gasteiger partial charge in [-0.1, -0.05) is 72.8 Å². The molecule has 0 radical (unpaired) electrons. The van der Waals surface area contributed by atoms with Gasteiger partial charge in [-0.25, -0.2) is 50.7 Å². The third-order valence-electron chi connectivity index (χ3n) is 12.4. The summed E-state index contributed by atoms with van der Waals surface area (Å²) in [7, 11) is -0.520. The van der Waals surface area contributed by atoms with Crippen molar-refractivity contribution in [2.75, 3.05) is 19.8 Å². The molecule has 0 bridgehead atoms. The van der Waals surface area contributed by atoms with Gasteiger partial charge in [0.1, 0.15) is 35.4 Å². The molecule has 26 nitrogen and oxygen atoms in total. The predicted molar refractivity (Wildman–Crippen MR) is 342 cm³/mol. The third-order valence-corrected chi connectivity index (χ3v) is 12.7. The van der Waals surface area contributed by atoms with Crippen LogP contribution in [0.15, 0.2) is 180 Å². The van der Waals surface area contributed by atoms with E-state index in [9.17, 15) is 69.9 Å². The molecule has 99 heavy (non-hydrogen) atoms. The van der Waals surface area contributed by atoms with Crippen LogP contribution in [0.4, 0.5) is 26.7 Å². The number of esters is 2. The van der Waals surface area contributed by atoms with Crippen molar-refractivity contribution in [3.8, 4) is 0 Å². The van der Waals surface area contributed by atoms with E-state index in [1.807, 2.05) is 13.5 Å². The first-order valence-corrected chi connectivity index (χ1v) is 31.0. The van der Waals surface area contributed by atoms with Gasteiger partial charge in [0.05, 0.1) is 78.6 Å². The number of nitrogens with two attached hydrogens (primary N) is 2. The number of urea groups is 1. The quantitative estimate of drug-likeness (QED) is 0.0102. The number of halogens is 5. The summed E-state index contributed by atoms with van der Waals surface area (Å²) in [5, 5.41) is 44.9. The van der Waals surface area contributed by atoms with Crippen LogP contribution in [0.25, 0.3) is 0 Å². The van der Waals surface area contributed by atoms with Gasteiger partial charge in [-0.15, -0.1) is 0 Å². The van der Waals surface area contributed by atoms with Crippen molar-refractivity contribution < 1.29 is 149 Å². The minimum Gasteiger partial charge on any atom is -0.870 e. The van der Waals surface area contributed by atoms with Gasteiger partial charge in [0, 0.05) is 31.2 Å². The van der Waals surface area contributed by atoms with Crippen LogP contribution in [0.3, 0.4) is 0 Å². The van der Waals surface area contributed by atoms with E-state index in [0.717, 1.165) is 0 Å². The number of carbonyl (C=O) groups excluding carboxylic acids is 8. The number of primary amides is 2. The Morgan fingerprint density at radius 3 is 0.970 bits per heavy atom. The normalized spacial score (nSPS) is 16.1. The molecule has 5 aromatic rings. The fourth-order valence-electron chi connectivity index (χ4n) is 8.12. The van der Waals surface area contributed by atoms with Crippen LogP contribution in [0.1, 0.15) is 103 Å². The summed E-state index contributed by atoms with van der Waals surface area (Å²) in [5.41, 5.74) is 12.0. The molecule has 4 aliphatic heterocycles. The molecule has 13 N–H and O–H groups in total. The second-order valence-corrected chi connectivity index (χ2v) is 20.1. The summed E-state index contributed by atoms with van der Waals surface area (Å²) in [6, 6.07) is 23.6. The van der Waals surface area contributed by atoms with Crippen LogP contribution in [0.5, 0.6) is 0 Å². The van der Waals surface area contributed by atoms with Crippen molar-refractivity contribution in [2.24, 2.45) is 11.5 Å². The van der Waals surface area contributed by atoms with Crippen molar-refractivity contribution >= 4 is 75.6 Å². The predicted octanol–water partition coefficient (Wildman–Crippen LogP) is 4.27. The maximum atomic E-state index is 12.9. The van der Waals surface area contributed by atoms with E-state index < -0.39 is 81.3 Å². The number of hydrogen-bond donors (Lipinski definition) is 10. The van der Waals surface area contributed by atoms with Crippen LogP contribution in [-0.4, -0.2) is 121 Å². The first-order chi connectivity index (χ1) is 46.1. The molecule has 0 saturated carbocycles. The Hall–Kier alpha value is -10.5. The first-order valence-electron chi connectivity index (χ1n) is 29.0. The molecule has 0 fully saturated rings. The number of carboxylic acids is 3. The molecule has 9 rings (SSSR count). The molecule has 4 aliphatic rings. The summed E-state index contributed by atoms with van der Waals surface area (Å²) in [4.78, 5) is 120. The summed E-state index contributed by atoms with van der Waals surface area (Å²) in [6.45, 7) is 8.39. The van der Waals surface area contributed by atoms with Crippen molar-refractivity contribution in [1.29, 1.82) is 0 Å². The topological polar surface area (TPSA) is 436 Å². The fourth-order valence-corrected chi connectivity index (χ4v) is 8.12. The second-order valence-electron chi connectivity index (χ2n) is 19.3. The average molecular weight is 1420 g/mol. The number of rotatable bonds is 15. The summed E-state index contributed by atoms with van der Waals surface area (Å²) in [6.07, 6.45) is 9.29. The number of amides is 6. The Kier molecular flexibility index (Phi) is 43.1. The van der Waals surface area contributed by atoms with Crippen LogP contribution >= 0.6 is 0 Å². The molecule has 0 saturated heterocycles. The maximum absolute atomic E-state index is 12.9. The molecule has 5 aromatic carbocycles. The fraction of sp³-hybridized carbons (Fsp3) is 0.227. The Morgan fingerprint density at radius 2 is 0.737 bits per heavy atom. The van der Waals surface area contributed by atoms with E-state index in [4.69, 9.17) is 34.8 Å². The van der Waals surface area contributed by atoms with E-state index in [0.29, 0.717) is 52.9 Å². The van der Waals surface area contributed by atoms with E-state index >= 15 is 0 Å². The van der Waals surface area contributed by atoms with Gasteiger partial charge < -0.3 is 67.7 Å². The van der Waals surface area contributed by atoms with E-state index in [1.165, 1.54) is 140 Å². The Bertz CT molecular complexity index is 3410. The molecule has 4 atom stereocenters. The molecule has 2 unspecified atom stereocenters. The molecule has 33 heteroatoms. The van der Waals surface area contributed by atoms with Gasteiger partial charge in [0.25, 0.3) is 0 Å². The van der Waals surface area contributed by atoms with Crippen LogP contribution in [-0.2, 0) is 61.9 Å². The largest absolute Gasteiger partial charge is 1.00 e. The van der Waals surface area contributed by atoms with Crippen LogP contribution in [0.2, 0.25) is 6.55 Å². The van der Waals surface area contributed by atoms with Crippen molar-refractivity contribution in [1.82, 2.24) is 21.3 Å². The van der Waals surface area contributed by atoms with E-state index in [-0.39, 0.29) is 125 Å². The van der Waals surface area contributed by atoms with Gasteiger partial charge >= 0.3 is 65.4 Å². The molecule has 0 spiro atoms. The number of carboxylic acid groups (broad SMARTS) is 3. The summed E-state index contributed by atoms with van der Waals surface area (Å²) >= 11 is 0. The SMILES string of the molecule is CCO/C=C/C(=O)OCC.CCOC(=O)C1=CCC(=O)NC1c1ccc(F)cc1.C[SiH2]OO.NC(N)=O.O=C1CC=C(C(=O)O)C(c2ccc(F)cc2)N1.O=C1CC=C(C(=O)O)[C@@H](c2ccc(F)cc2)N1.O=C1CC=C(C(=O)O)[C@H](c2ccc(F)cc2)N1.O=Cc1ccc(F)cc1.[Na+].[OH-]. The molecular formula is C66H72F5N6NaO20Si. The van der Waals surface area contributed by atoms with Crippen molar-refractivity contribution in [3.63, 3.8) is 0 Å². The molecular weight excluding hydrogens is 1340 g/mol. The van der Waals surface area contributed by atoms with Gasteiger partial charge in [0.15, 0.2) is 0 Å². The average Bonchev–Trinajstić information content (AvgIpc) is 0.848. The van der Waals surface area contributed by atoms with E-state index in [1.54, 1.807) is 32.1 Å². The second kappa shape index (κ2) is 48.3. The first kappa shape index (κ1) is 88.5. The number of benzene rings is 5. The number of hydrogen-bond acceptors (Lipinski definition) is 17. The smallest absolute Gasteiger partial charge is 0.870 e. The number of nitrogens with one attached hydrogen (secondary N) is 4. The summed E-state index contributed by atoms with van der Waals surface area (Å²) < 4.78 is 81.3. The standard InChI is InChI=1S/C14H14FNO3.3C12H10FNO3.C7H5FO.C7H12O3.CH4N2O.CH6O2Si.Na.H2O/c1-2-19-14(18)11-7-8-12(17)16-13(11)9-3-5-10(15)6-4-9;3*13-8-3-1-7(2-4-8)11-9(12(16)17)5-6-10(15)14-11;8-7-3-1-6(5-9)2-4-7;1-3-9-6-5-7(8)10-4-2;2-1(3)4;1-4-3-2;;/h3-7,13H,2,8H2,1H3,(H,16,17);3*1-5,11H,6H2,(H,14,15)(H,16,17);1-5H;5-6H,3-4H2,1-2H3;(H4,2,3,4);2H,4H2,1H3;;1H2/q;;;;;;;;+1;/p-1/b;;;;;6-5+;;;;/t;2*11-;;;;;;;/m.10......./s1. The van der Waals surface area contributed by atoms with Gasteiger partial charge in [-0.05, 0) is 122 Å². The van der Waals surface area contributed by atoms with E-state index in [2.05, 4.69) is 42.0 Å². The van der Waals surface area contributed by atoms with Crippen molar-refractivity contribution in [3.05, 3.63) is 237 Å². The number of aliphatic carboxylic acids is 3. The van der Waals surface area contributed by atoms with Crippen LogP contribution in [0, 0.1) is 29.1 Å². The number of aldehydes is 1. The Balaban J connectivity index is 0.00000115. The zero-order valence-corrected chi connectivity index (χ0v) is 57.4. The third kappa shape index (κ3) is 33.8. The molecule has 6 amide bonds. The van der Waals surface area contributed by atoms with Gasteiger partial charge in [-0.3, -0.25) is 33.8 Å². The minimum absolute atomic E-state index is 0. The maximum Gasteiger partial charge on any atom is 1.00 e. The molecule has 526 valence electrons. The van der Waals surface area contributed by atoms with Gasteiger partial charge in [-0.2, -0.15) is 0 Å². The number of carbonyl (C=O) groups is 11. The Labute approximate surface area is 588 Å². The molecule has 0 aliphatic carbocycles. The van der Waals surface area contributed by atoms with Crippen LogP contribution < -0.4 is 62.3 Å². The Morgan fingerprint density at radius 1 is 0.485 bits per heavy atom. The monoisotopic (exact) mass is 1410 g/mol.